The lowest BCUT2D eigenvalue weighted by molar-refractivity contribution is -0.146. The maximum absolute atomic E-state index is 12.3. The molecule has 1 saturated heterocycles. The predicted molar refractivity (Wildman–Crippen MR) is 99.5 cm³/mol. The van der Waals surface area contributed by atoms with Crippen LogP contribution in [0.1, 0.15) is 45.1 Å². The number of piperazine rings is 1. The number of nitrogens with zero attached hydrogens (tertiary/aromatic N) is 4. The molecule has 0 aromatic carbocycles. The van der Waals surface area contributed by atoms with Crippen molar-refractivity contribution in [2.45, 2.75) is 40.5 Å². The van der Waals surface area contributed by atoms with Crippen LogP contribution in [0.2, 0.25) is 0 Å². The fraction of sp³-hybridized carbons (Fsp3) is 0.667. The first-order chi connectivity index (χ1) is 12.1. The molecule has 1 aromatic rings. The summed E-state index contributed by atoms with van der Waals surface area (Å²) in [7, 11) is 0. The number of amides is 2. The molecule has 0 atom stereocenters. The summed E-state index contributed by atoms with van der Waals surface area (Å²) >= 11 is 0. The van der Waals surface area contributed by atoms with Gasteiger partial charge in [-0.1, -0.05) is 13.8 Å². The molecule has 0 bridgehead atoms. The second-order valence-electron chi connectivity index (χ2n) is 7.70. The second-order valence-corrected chi connectivity index (χ2v) is 7.70. The number of nitrogens with one attached hydrogen (secondary N) is 1. The van der Waals surface area contributed by atoms with Crippen molar-refractivity contribution in [3.8, 4) is 0 Å². The molecule has 2 heterocycles. The van der Waals surface area contributed by atoms with Crippen molar-refractivity contribution < 1.29 is 14.7 Å². The predicted octanol–water partition coefficient (Wildman–Crippen LogP) is 1.85. The van der Waals surface area contributed by atoms with Crippen LogP contribution in [0.5, 0.6) is 0 Å². The lowest BCUT2D eigenvalue weighted by Gasteiger charge is -2.36. The molecule has 0 unspecified atom stereocenters. The highest BCUT2D eigenvalue weighted by Gasteiger charge is 2.29. The fourth-order valence-electron chi connectivity index (χ4n) is 2.62. The Kier molecular flexibility index (Phi) is 6.05. The maximum Gasteiger partial charge on any atom is 0.317 e. The molecule has 0 aliphatic carbocycles. The van der Waals surface area contributed by atoms with Gasteiger partial charge in [-0.2, -0.15) is 0 Å². The molecule has 8 heteroatoms. The average Bonchev–Trinajstić information content (AvgIpc) is 2.59. The molecule has 0 saturated carbocycles. The van der Waals surface area contributed by atoms with Crippen molar-refractivity contribution in [3.05, 3.63) is 17.6 Å². The van der Waals surface area contributed by atoms with Gasteiger partial charge in [-0.3, -0.25) is 4.79 Å². The Morgan fingerprint density at radius 2 is 1.85 bits per heavy atom. The highest BCUT2D eigenvalue weighted by atomic mass is 16.4. The summed E-state index contributed by atoms with van der Waals surface area (Å²) in [5.74, 6) is 1.06. The number of carboxylic acid groups (broad SMARTS) is 1. The first-order valence-electron chi connectivity index (χ1n) is 8.97. The van der Waals surface area contributed by atoms with E-state index in [0.29, 0.717) is 26.2 Å². The van der Waals surface area contributed by atoms with Gasteiger partial charge in [0, 0.05) is 50.4 Å². The van der Waals surface area contributed by atoms with E-state index in [1.807, 2.05) is 13.0 Å². The smallest absolute Gasteiger partial charge is 0.317 e. The van der Waals surface area contributed by atoms with Crippen molar-refractivity contribution in [2.24, 2.45) is 5.41 Å². The van der Waals surface area contributed by atoms with Crippen LogP contribution in [0.4, 0.5) is 10.6 Å². The van der Waals surface area contributed by atoms with E-state index in [1.165, 1.54) is 0 Å². The molecule has 1 aromatic heterocycles. The Morgan fingerprint density at radius 3 is 2.38 bits per heavy atom. The van der Waals surface area contributed by atoms with Crippen molar-refractivity contribution >= 4 is 17.8 Å². The summed E-state index contributed by atoms with van der Waals surface area (Å²) in [6, 6.07) is 1.75. The number of carbonyl (C=O) groups excluding carboxylic acids is 1. The zero-order valence-corrected chi connectivity index (χ0v) is 16.2. The summed E-state index contributed by atoms with van der Waals surface area (Å²) in [6.45, 7) is 11.9. The third-order valence-electron chi connectivity index (χ3n) is 4.53. The normalized spacial score (nSPS) is 15.3. The number of rotatable bonds is 5. The zero-order chi connectivity index (χ0) is 19.5. The Hall–Kier alpha value is -2.38. The van der Waals surface area contributed by atoms with Crippen LogP contribution in [0.15, 0.2) is 6.07 Å². The summed E-state index contributed by atoms with van der Waals surface area (Å²) in [6.07, 6.45) is 0. The number of aromatic nitrogens is 2. The number of urea groups is 1. The van der Waals surface area contributed by atoms with Gasteiger partial charge in [0.2, 0.25) is 0 Å². The maximum atomic E-state index is 12.3. The van der Waals surface area contributed by atoms with Crippen LogP contribution in [0.25, 0.3) is 0 Å². The van der Waals surface area contributed by atoms with Crippen LogP contribution in [0.3, 0.4) is 0 Å². The summed E-state index contributed by atoms with van der Waals surface area (Å²) in [5, 5.41) is 11.8. The van der Waals surface area contributed by atoms with E-state index in [4.69, 9.17) is 5.11 Å². The molecular weight excluding hydrogens is 334 g/mol. The number of carboxylic acids is 1. The fourth-order valence-corrected chi connectivity index (χ4v) is 2.62. The molecule has 1 aliphatic rings. The molecule has 2 amide bonds. The molecule has 0 spiro atoms. The molecule has 1 fully saturated rings. The first-order valence-corrected chi connectivity index (χ1v) is 8.97. The quantitative estimate of drug-likeness (QED) is 0.828. The molecular formula is C18H29N5O3. The van der Waals surface area contributed by atoms with E-state index in [-0.39, 0.29) is 18.5 Å². The van der Waals surface area contributed by atoms with Crippen molar-refractivity contribution in [2.75, 3.05) is 37.6 Å². The van der Waals surface area contributed by atoms with Gasteiger partial charge in [0.1, 0.15) is 11.6 Å². The number of aliphatic carboxylic acids is 1. The van der Waals surface area contributed by atoms with Crippen LogP contribution < -0.4 is 10.2 Å². The minimum Gasteiger partial charge on any atom is -0.481 e. The minimum absolute atomic E-state index is 0.101. The van der Waals surface area contributed by atoms with Gasteiger partial charge >= 0.3 is 12.0 Å². The number of hydrogen-bond donors (Lipinski definition) is 2. The number of hydrogen-bond acceptors (Lipinski definition) is 5. The lowest BCUT2D eigenvalue weighted by atomic mass is 9.94. The molecule has 144 valence electrons. The molecule has 26 heavy (non-hydrogen) atoms. The van der Waals surface area contributed by atoms with E-state index in [9.17, 15) is 9.59 Å². The van der Waals surface area contributed by atoms with E-state index in [0.717, 1.165) is 17.3 Å². The van der Waals surface area contributed by atoms with Crippen molar-refractivity contribution in [1.82, 2.24) is 20.2 Å². The van der Waals surface area contributed by atoms with E-state index < -0.39 is 11.4 Å². The molecule has 2 rings (SSSR count). The van der Waals surface area contributed by atoms with Gasteiger partial charge < -0.3 is 20.2 Å². The Labute approximate surface area is 154 Å². The molecule has 2 N–H and O–H groups in total. The van der Waals surface area contributed by atoms with Gasteiger partial charge in [0.15, 0.2) is 0 Å². The number of anilines is 1. The van der Waals surface area contributed by atoms with Crippen LogP contribution in [-0.4, -0.2) is 64.7 Å². The highest BCUT2D eigenvalue weighted by molar-refractivity contribution is 5.77. The van der Waals surface area contributed by atoms with Crippen molar-refractivity contribution in [1.29, 1.82) is 0 Å². The van der Waals surface area contributed by atoms with Crippen LogP contribution in [-0.2, 0) is 4.79 Å². The topological polar surface area (TPSA) is 98.7 Å². The number of aryl methyl sites for hydroxylation is 1. The second kappa shape index (κ2) is 7.88. The van der Waals surface area contributed by atoms with E-state index >= 15 is 0 Å². The van der Waals surface area contributed by atoms with Crippen LogP contribution in [0, 0.1) is 12.3 Å². The van der Waals surface area contributed by atoms with Gasteiger partial charge in [-0.25, -0.2) is 14.8 Å². The van der Waals surface area contributed by atoms with Gasteiger partial charge in [-0.05, 0) is 20.8 Å². The first kappa shape index (κ1) is 19.9. The minimum atomic E-state index is -0.983. The molecule has 8 nitrogen and oxygen atoms in total. The third kappa shape index (κ3) is 4.83. The summed E-state index contributed by atoms with van der Waals surface area (Å²) in [4.78, 5) is 36.4. The third-order valence-corrected chi connectivity index (χ3v) is 4.53. The standard InChI is InChI=1S/C18H29N5O3/c1-12(2)15-20-13(3)10-14(21-15)22-6-8-23(9-7-22)17(26)19-11-18(4,5)16(24)25/h10,12H,6-9,11H2,1-5H3,(H,19,26)(H,24,25). The van der Waals surface area contributed by atoms with Crippen molar-refractivity contribution in [3.63, 3.8) is 0 Å². The molecule has 0 radical (unpaired) electrons. The van der Waals surface area contributed by atoms with Crippen LogP contribution >= 0.6 is 0 Å². The van der Waals surface area contributed by atoms with Gasteiger partial charge in [0.25, 0.3) is 0 Å². The Balaban J connectivity index is 1.93. The van der Waals surface area contributed by atoms with E-state index in [2.05, 4.69) is 34.0 Å². The van der Waals surface area contributed by atoms with Gasteiger partial charge in [-0.15, -0.1) is 0 Å². The monoisotopic (exact) mass is 363 g/mol. The molecule has 1 aliphatic heterocycles. The Morgan fingerprint density at radius 1 is 1.23 bits per heavy atom. The Bertz CT molecular complexity index is 667. The lowest BCUT2D eigenvalue weighted by Crippen LogP contribution is -2.53. The van der Waals surface area contributed by atoms with Gasteiger partial charge in [0.05, 0.1) is 5.41 Å². The highest BCUT2D eigenvalue weighted by Crippen LogP contribution is 2.19. The summed E-state index contributed by atoms with van der Waals surface area (Å²) < 4.78 is 0. The number of carbonyl (C=O) groups is 2. The average molecular weight is 363 g/mol. The summed E-state index contributed by atoms with van der Waals surface area (Å²) in [5.41, 5.74) is -0.0433. The van der Waals surface area contributed by atoms with E-state index in [1.54, 1.807) is 18.7 Å². The largest absolute Gasteiger partial charge is 0.481 e. The SMILES string of the molecule is Cc1cc(N2CCN(C(=O)NCC(C)(C)C(=O)O)CC2)nc(C(C)C)n1. The zero-order valence-electron chi connectivity index (χ0n) is 16.2.